The molecule has 4 aliphatic rings. The molecular formula is C16H27N. The molecule has 0 N–H and O–H groups in total. The average molecular weight is 233 g/mol. The Morgan fingerprint density at radius 3 is 2.18 bits per heavy atom. The number of unbranched alkanes of at least 4 members (excludes halogenated alkanes) is 3. The van der Waals surface area contributed by atoms with Crippen molar-refractivity contribution in [3.8, 4) is 0 Å². The summed E-state index contributed by atoms with van der Waals surface area (Å²) in [5.74, 6) is 4.11. The summed E-state index contributed by atoms with van der Waals surface area (Å²) in [7, 11) is 0. The molecule has 1 nitrogen and oxygen atoms in total. The van der Waals surface area contributed by atoms with E-state index >= 15 is 0 Å². The van der Waals surface area contributed by atoms with Gasteiger partial charge in [0.05, 0.1) is 6.04 Å². The lowest BCUT2D eigenvalue weighted by Gasteiger charge is -2.53. The van der Waals surface area contributed by atoms with Crippen molar-refractivity contribution in [2.24, 2.45) is 28.7 Å². The van der Waals surface area contributed by atoms with Gasteiger partial charge in [-0.05, 0) is 74.8 Å². The van der Waals surface area contributed by atoms with Crippen LogP contribution >= 0.6 is 0 Å². The van der Waals surface area contributed by atoms with Crippen molar-refractivity contribution < 1.29 is 0 Å². The smallest absolute Gasteiger partial charge is 0.0552 e. The van der Waals surface area contributed by atoms with Crippen molar-refractivity contribution in [1.82, 2.24) is 0 Å². The maximum atomic E-state index is 4.97. The zero-order valence-corrected chi connectivity index (χ0v) is 11.3. The van der Waals surface area contributed by atoms with Gasteiger partial charge in [0.1, 0.15) is 0 Å². The van der Waals surface area contributed by atoms with Crippen LogP contribution in [0.2, 0.25) is 0 Å². The monoisotopic (exact) mass is 233 g/mol. The standard InChI is InChI=1S/C16H27N/c1-2-3-4-5-6-17-16-14-8-12-7-13(10-14)11-15(16)9-12/h6,12-16H,2-5,7-11H2,1H3. The molecule has 1 heteroatoms. The number of aliphatic imine (C=N–C) groups is 1. The van der Waals surface area contributed by atoms with Gasteiger partial charge in [0, 0.05) is 0 Å². The van der Waals surface area contributed by atoms with Crippen molar-refractivity contribution in [1.29, 1.82) is 0 Å². The van der Waals surface area contributed by atoms with E-state index in [9.17, 15) is 0 Å². The fraction of sp³-hybridized carbons (Fsp3) is 0.938. The molecule has 0 saturated heterocycles. The van der Waals surface area contributed by atoms with Crippen LogP contribution in [0.1, 0.15) is 64.7 Å². The first-order valence-corrected chi connectivity index (χ1v) is 7.88. The number of rotatable bonds is 5. The van der Waals surface area contributed by atoms with E-state index in [1.807, 2.05) is 0 Å². The molecule has 4 saturated carbocycles. The molecule has 0 aromatic carbocycles. The van der Waals surface area contributed by atoms with Gasteiger partial charge in [-0.3, -0.25) is 4.99 Å². The summed E-state index contributed by atoms with van der Waals surface area (Å²) in [6.45, 7) is 2.27. The lowest BCUT2D eigenvalue weighted by Crippen LogP contribution is -2.47. The molecule has 4 bridgehead atoms. The van der Waals surface area contributed by atoms with Gasteiger partial charge in [-0.25, -0.2) is 0 Å². The van der Waals surface area contributed by atoms with Gasteiger partial charge in [-0.1, -0.05) is 19.8 Å². The van der Waals surface area contributed by atoms with Crippen LogP contribution in [0.4, 0.5) is 0 Å². The summed E-state index contributed by atoms with van der Waals surface area (Å²) in [5, 5.41) is 0. The Hall–Kier alpha value is -0.330. The van der Waals surface area contributed by atoms with Crippen molar-refractivity contribution in [3.63, 3.8) is 0 Å². The van der Waals surface area contributed by atoms with E-state index < -0.39 is 0 Å². The van der Waals surface area contributed by atoms with Crippen molar-refractivity contribution in [2.75, 3.05) is 0 Å². The topological polar surface area (TPSA) is 12.4 Å². The average Bonchev–Trinajstić information content (AvgIpc) is 2.31. The maximum Gasteiger partial charge on any atom is 0.0552 e. The molecule has 0 unspecified atom stereocenters. The molecule has 0 atom stereocenters. The molecule has 0 aromatic heterocycles. The van der Waals surface area contributed by atoms with Gasteiger partial charge in [-0.2, -0.15) is 0 Å². The minimum atomic E-state index is 0.726. The molecule has 17 heavy (non-hydrogen) atoms. The second-order valence-corrected chi connectivity index (χ2v) is 6.75. The molecule has 0 aliphatic heterocycles. The van der Waals surface area contributed by atoms with Crippen LogP contribution in [-0.4, -0.2) is 12.3 Å². The fourth-order valence-electron chi connectivity index (χ4n) is 4.82. The third-order valence-corrected chi connectivity index (χ3v) is 5.39. The van der Waals surface area contributed by atoms with E-state index in [1.165, 1.54) is 51.4 Å². The van der Waals surface area contributed by atoms with E-state index in [-0.39, 0.29) is 0 Å². The predicted molar refractivity (Wildman–Crippen MR) is 73.5 cm³/mol. The van der Waals surface area contributed by atoms with E-state index in [4.69, 9.17) is 4.99 Å². The molecule has 4 aliphatic carbocycles. The molecule has 0 aromatic rings. The van der Waals surface area contributed by atoms with Gasteiger partial charge >= 0.3 is 0 Å². The summed E-state index contributed by atoms with van der Waals surface area (Å²) >= 11 is 0. The minimum absolute atomic E-state index is 0.726. The molecule has 4 rings (SSSR count). The summed E-state index contributed by atoms with van der Waals surface area (Å²) in [4.78, 5) is 4.97. The second kappa shape index (κ2) is 5.12. The summed E-state index contributed by atoms with van der Waals surface area (Å²) in [6.07, 6.45) is 15.1. The first kappa shape index (κ1) is 11.7. The number of nitrogens with zero attached hydrogens (tertiary/aromatic N) is 1. The molecule has 4 fully saturated rings. The highest BCUT2D eigenvalue weighted by Crippen LogP contribution is 2.54. The quantitative estimate of drug-likeness (QED) is 0.491. The normalized spacial score (nSPS) is 43.7. The summed E-state index contributed by atoms with van der Waals surface area (Å²) in [6, 6.07) is 0.726. The van der Waals surface area contributed by atoms with Crippen molar-refractivity contribution in [2.45, 2.75) is 70.8 Å². The van der Waals surface area contributed by atoms with E-state index in [1.54, 1.807) is 6.42 Å². The SMILES string of the molecule is CCCCCC=NC1C2CC3CC(C2)CC1C3. The Bertz CT molecular complexity index is 253. The lowest BCUT2D eigenvalue weighted by molar-refractivity contribution is 0.00139. The Kier molecular flexibility index (Phi) is 3.54. The third kappa shape index (κ3) is 2.44. The van der Waals surface area contributed by atoms with E-state index in [0.29, 0.717) is 0 Å². The van der Waals surface area contributed by atoms with Crippen LogP contribution in [0, 0.1) is 23.7 Å². The Morgan fingerprint density at radius 1 is 0.941 bits per heavy atom. The van der Waals surface area contributed by atoms with Crippen molar-refractivity contribution in [3.05, 3.63) is 0 Å². The first-order chi connectivity index (χ1) is 8.36. The van der Waals surface area contributed by atoms with Gasteiger partial charge in [-0.15, -0.1) is 0 Å². The van der Waals surface area contributed by atoms with Crippen LogP contribution in [-0.2, 0) is 0 Å². The highest BCUT2D eigenvalue weighted by Gasteiger charge is 2.47. The molecule has 96 valence electrons. The van der Waals surface area contributed by atoms with Gasteiger partial charge < -0.3 is 0 Å². The molecule has 0 radical (unpaired) electrons. The van der Waals surface area contributed by atoms with Crippen LogP contribution in [0.3, 0.4) is 0 Å². The Morgan fingerprint density at radius 2 is 1.59 bits per heavy atom. The summed E-state index contributed by atoms with van der Waals surface area (Å²) < 4.78 is 0. The summed E-state index contributed by atoms with van der Waals surface area (Å²) in [5.41, 5.74) is 0. The Labute approximate surface area is 106 Å². The van der Waals surface area contributed by atoms with E-state index in [2.05, 4.69) is 13.1 Å². The number of hydrogen-bond donors (Lipinski definition) is 0. The molecule has 0 heterocycles. The molecular weight excluding hydrogens is 206 g/mol. The Balaban J connectivity index is 1.53. The van der Waals surface area contributed by atoms with Crippen LogP contribution in [0.25, 0.3) is 0 Å². The van der Waals surface area contributed by atoms with Crippen molar-refractivity contribution >= 4 is 6.21 Å². The predicted octanol–water partition coefficient (Wildman–Crippen LogP) is 4.46. The second-order valence-electron chi connectivity index (χ2n) is 6.75. The zero-order chi connectivity index (χ0) is 11.7. The van der Waals surface area contributed by atoms with Gasteiger partial charge in [0.15, 0.2) is 0 Å². The zero-order valence-electron chi connectivity index (χ0n) is 11.3. The highest BCUT2D eigenvalue weighted by molar-refractivity contribution is 5.57. The van der Waals surface area contributed by atoms with Gasteiger partial charge in [0.2, 0.25) is 0 Å². The fourth-order valence-corrected chi connectivity index (χ4v) is 4.82. The first-order valence-electron chi connectivity index (χ1n) is 7.88. The van der Waals surface area contributed by atoms with Crippen LogP contribution in [0.5, 0.6) is 0 Å². The number of hydrogen-bond acceptors (Lipinski definition) is 1. The minimum Gasteiger partial charge on any atom is -0.294 e. The maximum absolute atomic E-state index is 4.97. The lowest BCUT2D eigenvalue weighted by atomic mass is 9.54. The van der Waals surface area contributed by atoms with Gasteiger partial charge in [0.25, 0.3) is 0 Å². The van der Waals surface area contributed by atoms with Crippen LogP contribution < -0.4 is 0 Å². The highest BCUT2D eigenvalue weighted by atomic mass is 14.8. The van der Waals surface area contributed by atoms with E-state index in [0.717, 1.165) is 29.7 Å². The third-order valence-electron chi connectivity index (χ3n) is 5.39. The molecule has 0 amide bonds. The largest absolute Gasteiger partial charge is 0.294 e. The van der Waals surface area contributed by atoms with Crippen LogP contribution in [0.15, 0.2) is 4.99 Å². The molecule has 0 spiro atoms.